The molecule has 6 nitrogen and oxygen atoms in total. The van der Waals surface area contributed by atoms with Gasteiger partial charge >= 0.3 is 12.0 Å². The van der Waals surface area contributed by atoms with Gasteiger partial charge in [0.15, 0.2) is 0 Å². The molecule has 2 N–H and O–H groups in total. The van der Waals surface area contributed by atoms with E-state index in [2.05, 4.69) is 5.32 Å². The van der Waals surface area contributed by atoms with Crippen molar-refractivity contribution in [1.29, 1.82) is 0 Å². The number of urea groups is 1. The largest absolute Gasteiger partial charge is 0.480 e. The van der Waals surface area contributed by atoms with Crippen LogP contribution in [0.4, 0.5) is 4.79 Å². The van der Waals surface area contributed by atoms with E-state index in [1.165, 1.54) is 12.0 Å². The first-order valence-corrected chi connectivity index (χ1v) is 7.63. The number of hydrogen-bond donors (Lipinski definition) is 2. The van der Waals surface area contributed by atoms with E-state index in [1.807, 2.05) is 31.4 Å². The minimum atomic E-state index is -1.04. The number of nitrogens with zero attached hydrogens (tertiary/aromatic N) is 1. The summed E-state index contributed by atoms with van der Waals surface area (Å²) in [5.41, 5.74) is 0. The third-order valence-electron chi connectivity index (χ3n) is 2.97. The quantitative estimate of drug-likeness (QED) is 0.771. The van der Waals surface area contributed by atoms with Crippen molar-refractivity contribution in [2.45, 2.75) is 19.9 Å². The number of hydrogen-bond acceptors (Lipinski definition) is 4. The van der Waals surface area contributed by atoms with Gasteiger partial charge in [-0.15, -0.1) is 11.3 Å². The molecule has 1 aromatic heterocycles. The average molecular weight is 314 g/mol. The molecule has 1 atom stereocenters. The predicted molar refractivity (Wildman–Crippen MR) is 81.5 cm³/mol. The number of carboxylic acids is 1. The Morgan fingerprint density at radius 2 is 2.19 bits per heavy atom. The fourth-order valence-electron chi connectivity index (χ4n) is 1.88. The third kappa shape index (κ3) is 5.73. The molecular weight excluding hydrogens is 292 g/mol. The maximum Gasteiger partial charge on any atom is 0.323 e. The normalized spacial score (nSPS) is 12.2. The van der Waals surface area contributed by atoms with E-state index >= 15 is 0 Å². The Kier molecular flexibility index (Phi) is 7.18. The van der Waals surface area contributed by atoms with E-state index in [4.69, 9.17) is 9.84 Å². The molecule has 0 aromatic carbocycles. The van der Waals surface area contributed by atoms with Gasteiger partial charge in [-0.2, -0.15) is 0 Å². The maximum atomic E-state index is 12.3. The lowest BCUT2D eigenvalue weighted by atomic mass is 10.0. The Labute approximate surface area is 128 Å². The van der Waals surface area contributed by atoms with Crippen molar-refractivity contribution in [2.24, 2.45) is 5.92 Å². The van der Waals surface area contributed by atoms with Gasteiger partial charge in [-0.05, 0) is 17.4 Å². The van der Waals surface area contributed by atoms with Crippen LogP contribution in [0.15, 0.2) is 17.5 Å². The minimum absolute atomic E-state index is 0.128. The first-order valence-electron chi connectivity index (χ1n) is 6.75. The number of methoxy groups -OCH3 is 1. The lowest BCUT2D eigenvalue weighted by Crippen LogP contribution is -2.46. The molecule has 7 heteroatoms. The van der Waals surface area contributed by atoms with Gasteiger partial charge in [-0.1, -0.05) is 19.9 Å². The first kappa shape index (κ1) is 17.5. The summed E-state index contributed by atoms with van der Waals surface area (Å²) in [6, 6.07) is 3.38. The number of carboxylic acid groups (broad SMARTS) is 1. The summed E-state index contributed by atoms with van der Waals surface area (Å²) >= 11 is 1.57. The molecule has 0 aliphatic carbocycles. The van der Waals surface area contributed by atoms with Crippen molar-refractivity contribution in [2.75, 3.05) is 26.8 Å². The van der Waals surface area contributed by atoms with E-state index < -0.39 is 5.97 Å². The highest BCUT2D eigenvalue weighted by molar-refractivity contribution is 7.10. The molecule has 0 spiro atoms. The summed E-state index contributed by atoms with van der Waals surface area (Å²) in [5, 5.41) is 13.8. The molecule has 21 heavy (non-hydrogen) atoms. The number of ether oxygens (including phenoxy) is 1. The Balaban J connectivity index is 2.75. The van der Waals surface area contributed by atoms with Crippen LogP contribution in [0.5, 0.6) is 0 Å². The van der Waals surface area contributed by atoms with Crippen molar-refractivity contribution in [3.8, 4) is 0 Å². The lowest BCUT2D eigenvalue weighted by molar-refractivity contribution is -0.137. The highest BCUT2D eigenvalue weighted by Gasteiger charge is 2.23. The second kappa shape index (κ2) is 8.63. The zero-order chi connectivity index (χ0) is 15.8. The van der Waals surface area contributed by atoms with Crippen molar-refractivity contribution in [3.63, 3.8) is 0 Å². The lowest BCUT2D eigenvalue weighted by Gasteiger charge is -2.26. The minimum Gasteiger partial charge on any atom is -0.480 e. The number of aliphatic carboxylic acids is 1. The van der Waals surface area contributed by atoms with Crippen LogP contribution in [0.3, 0.4) is 0 Å². The van der Waals surface area contributed by atoms with Gasteiger partial charge in [-0.25, -0.2) is 4.79 Å². The Hall–Kier alpha value is -1.60. The van der Waals surface area contributed by atoms with Gasteiger partial charge < -0.3 is 20.1 Å². The molecule has 0 aliphatic rings. The second-order valence-corrected chi connectivity index (χ2v) is 5.97. The number of amides is 2. The van der Waals surface area contributed by atoms with E-state index in [-0.39, 0.29) is 31.1 Å². The van der Waals surface area contributed by atoms with Gasteiger partial charge in [0, 0.05) is 18.5 Å². The van der Waals surface area contributed by atoms with E-state index in [1.54, 1.807) is 11.3 Å². The zero-order valence-electron chi connectivity index (χ0n) is 12.5. The van der Waals surface area contributed by atoms with Crippen molar-refractivity contribution < 1.29 is 19.4 Å². The van der Waals surface area contributed by atoms with Gasteiger partial charge in [0.05, 0.1) is 12.6 Å². The van der Waals surface area contributed by atoms with Gasteiger partial charge in [-0.3, -0.25) is 4.79 Å². The molecule has 118 valence electrons. The van der Waals surface area contributed by atoms with Crippen molar-refractivity contribution in [1.82, 2.24) is 10.2 Å². The summed E-state index contributed by atoms with van der Waals surface area (Å²) in [4.78, 5) is 25.5. The average Bonchev–Trinajstić information content (AvgIpc) is 2.93. The highest BCUT2D eigenvalue weighted by Crippen LogP contribution is 2.25. The van der Waals surface area contributed by atoms with Gasteiger partial charge in [0.1, 0.15) is 6.54 Å². The fourth-order valence-corrected chi connectivity index (χ4v) is 2.83. The summed E-state index contributed by atoms with van der Waals surface area (Å²) < 4.78 is 4.92. The van der Waals surface area contributed by atoms with Crippen LogP contribution in [-0.4, -0.2) is 48.8 Å². The smallest absolute Gasteiger partial charge is 0.323 e. The van der Waals surface area contributed by atoms with Crippen LogP contribution in [-0.2, 0) is 9.53 Å². The number of thiophene rings is 1. The predicted octanol–water partition coefficient (Wildman–Crippen LogP) is 2.19. The molecule has 0 bridgehead atoms. The van der Waals surface area contributed by atoms with Crippen LogP contribution in [0.2, 0.25) is 0 Å². The molecule has 1 unspecified atom stereocenters. The topological polar surface area (TPSA) is 78.9 Å². The van der Waals surface area contributed by atoms with E-state index in [0.29, 0.717) is 6.61 Å². The van der Waals surface area contributed by atoms with E-state index in [9.17, 15) is 9.59 Å². The molecule has 0 radical (unpaired) electrons. The molecule has 0 saturated carbocycles. The van der Waals surface area contributed by atoms with Crippen LogP contribution in [0.1, 0.15) is 24.8 Å². The number of carbonyl (C=O) groups excluding carboxylic acids is 1. The molecule has 0 aliphatic heterocycles. The SMILES string of the molecule is COCCN(CC(=O)O)C(=O)NC(c1cccs1)C(C)C. The van der Waals surface area contributed by atoms with Crippen LogP contribution in [0, 0.1) is 5.92 Å². The monoisotopic (exact) mass is 314 g/mol. The van der Waals surface area contributed by atoms with Crippen molar-refractivity contribution in [3.05, 3.63) is 22.4 Å². The molecule has 1 aromatic rings. The summed E-state index contributed by atoms with van der Waals surface area (Å²) in [7, 11) is 1.51. The third-order valence-corrected chi connectivity index (χ3v) is 3.93. The van der Waals surface area contributed by atoms with Crippen molar-refractivity contribution >= 4 is 23.3 Å². The Bertz CT molecular complexity index is 448. The molecule has 0 fully saturated rings. The maximum absolute atomic E-state index is 12.3. The summed E-state index contributed by atoms with van der Waals surface area (Å²) in [5.74, 6) is -0.833. The Morgan fingerprint density at radius 1 is 1.48 bits per heavy atom. The molecule has 1 rings (SSSR count). The Morgan fingerprint density at radius 3 is 2.67 bits per heavy atom. The molecule has 0 saturated heterocycles. The molecular formula is C14H22N2O4S. The van der Waals surface area contributed by atoms with Crippen LogP contribution >= 0.6 is 11.3 Å². The zero-order valence-corrected chi connectivity index (χ0v) is 13.4. The van der Waals surface area contributed by atoms with Crippen LogP contribution < -0.4 is 5.32 Å². The number of nitrogens with one attached hydrogen (secondary N) is 1. The summed E-state index contributed by atoms with van der Waals surface area (Å²) in [6.07, 6.45) is 0. The standard InChI is InChI=1S/C14H22N2O4S/c1-10(2)13(11-5-4-8-21-11)15-14(19)16(6-7-20-3)9-12(17)18/h4-5,8,10,13H,6-7,9H2,1-3H3,(H,15,19)(H,17,18). The van der Waals surface area contributed by atoms with Gasteiger partial charge in [0.25, 0.3) is 0 Å². The number of rotatable bonds is 8. The fraction of sp³-hybridized carbons (Fsp3) is 0.571. The second-order valence-electron chi connectivity index (χ2n) is 4.99. The highest BCUT2D eigenvalue weighted by atomic mass is 32.1. The van der Waals surface area contributed by atoms with Crippen LogP contribution in [0.25, 0.3) is 0 Å². The van der Waals surface area contributed by atoms with E-state index in [0.717, 1.165) is 4.88 Å². The molecule has 2 amide bonds. The first-order chi connectivity index (χ1) is 9.95. The summed E-state index contributed by atoms with van der Waals surface area (Å²) in [6.45, 7) is 4.23. The molecule has 1 heterocycles. The van der Waals surface area contributed by atoms with Gasteiger partial charge in [0.2, 0.25) is 0 Å². The number of carbonyl (C=O) groups is 2.